The Kier molecular flexibility index (Phi) is 5.54. The Hall–Kier alpha value is -3.15. The van der Waals surface area contributed by atoms with E-state index in [1.54, 1.807) is 23.1 Å². The van der Waals surface area contributed by atoms with E-state index in [0.717, 1.165) is 11.1 Å². The Balaban J connectivity index is 1.72. The van der Waals surface area contributed by atoms with Crippen LogP contribution in [0.1, 0.15) is 23.9 Å². The molecule has 0 aliphatic carbocycles. The summed E-state index contributed by atoms with van der Waals surface area (Å²) in [4.78, 5) is 33.6. The number of ether oxygens (including phenoxy) is 1. The van der Waals surface area contributed by atoms with E-state index >= 15 is 0 Å². The van der Waals surface area contributed by atoms with Crippen molar-refractivity contribution in [3.63, 3.8) is 0 Å². The molecule has 6 nitrogen and oxygen atoms in total. The summed E-state index contributed by atoms with van der Waals surface area (Å²) in [6.45, 7) is 6.47. The molecular formula is C21H23N3O3. The lowest BCUT2D eigenvalue weighted by atomic mass is 10.1. The minimum atomic E-state index is -0.203. The number of rotatable bonds is 6. The maximum absolute atomic E-state index is 12.6. The van der Waals surface area contributed by atoms with Gasteiger partial charge in [-0.05, 0) is 50.1 Å². The van der Waals surface area contributed by atoms with Crippen molar-refractivity contribution in [2.75, 3.05) is 13.2 Å². The van der Waals surface area contributed by atoms with Crippen molar-refractivity contribution in [1.29, 1.82) is 0 Å². The average Bonchev–Trinajstić information content (AvgIpc) is 2.66. The van der Waals surface area contributed by atoms with Gasteiger partial charge in [-0.3, -0.25) is 9.59 Å². The van der Waals surface area contributed by atoms with Crippen LogP contribution < -0.4 is 10.3 Å². The SMILES string of the molecule is CCN(Cc1nc2ccccc2c(=O)[nH]1)C(=O)COc1cc(C)ccc1C. The molecule has 1 N–H and O–H groups in total. The highest BCUT2D eigenvalue weighted by atomic mass is 16.5. The molecule has 27 heavy (non-hydrogen) atoms. The second-order valence-corrected chi connectivity index (χ2v) is 6.50. The first-order chi connectivity index (χ1) is 13.0. The topological polar surface area (TPSA) is 75.3 Å². The fourth-order valence-electron chi connectivity index (χ4n) is 2.86. The number of benzene rings is 2. The first-order valence-electron chi connectivity index (χ1n) is 8.93. The number of aromatic amines is 1. The number of amides is 1. The highest BCUT2D eigenvalue weighted by molar-refractivity contribution is 5.78. The summed E-state index contributed by atoms with van der Waals surface area (Å²) < 4.78 is 5.71. The largest absolute Gasteiger partial charge is 0.483 e. The van der Waals surface area contributed by atoms with E-state index in [1.807, 2.05) is 45.0 Å². The normalized spacial score (nSPS) is 10.8. The molecule has 0 saturated carbocycles. The number of carbonyl (C=O) groups excluding carboxylic acids is 1. The quantitative estimate of drug-likeness (QED) is 0.729. The number of likely N-dealkylation sites (N-methyl/N-ethyl adjacent to an activating group) is 1. The van der Waals surface area contributed by atoms with Crippen LogP contribution in [0.25, 0.3) is 10.9 Å². The first kappa shape index (κ1) is 18.6. The van der Waals surface area contributed by atoms with Crippen LogP contribution in [0.3, 0.4) is 0 Å². The molecule has 1 heterocycles. The molecule has 0 fully saturated rings. The highest BCUT2D eigenvalue weighted by Crippen LogP contribution is 2.19. The van der Waals surface area contributed by atoms with Gasteiger partial charge in [0.2, 0.25) is 0 Å². The number of para-hydroxylation sites is 1. The lowest BCUT2D eigenvalue weighted by Gasteiger charge is -2.21. The number of nitrogens with zero attached hydrogens (tertiary/aromatic N) is 2. The van der Waals surface area contributed by atoms with Gasteiger partial charge in [0.25, 0.3) is 11.5 Å². The molecular weight excluding hydrogens is 342 g/mol. The maximum atomic E-state index is 12.6. The van der Waals surface area contributed by atoms with Gasteiger partial charge in [0.15, 0.2) is 6.61 Å². The number of carbonyl (C=O) groups is 1. The standard InChI is InChI=1S/C21H23N3O3/c1-4-24(20(25)13-27-18-11-14(2)9-10-15(18)3)12-19-22-17-8-6-5-7-16(17)21(26)23-19/h5-11H,4,12-13H2,1-3H3,(H,22,23,26). The van der Waals surface area contributed by atoms with Crippen molar-refractivity contribution in [3.8, 4) is 5.75 Å². The molecule has 0 atom stereocenters. The minimum Gasteiger partial charge on any atom is -0.483 e. The summed E-state index contributed by atoms with van der Waals surface area (Å²) in [7, 11) is 0. The zero-order valence-electron chi connectivity index (χ0n) is 15.8. The molecule has 0 aliphatic rings. The molecule has 0 aliphatic heterocycles. The van der Waals surface area contributed by atoms with Gasteiger partial charge in [0, 0.05) is 6.54 Å². The summed E-state index contributed by atoms with van der Waals surface area (Å²) in [6.07, 6.45) is 0. The van der Waals surface area contributed by atoms with Gasteiger partial charge in [0.05, 0.1) is 17.4 Å². The molecule has 0 bridgehead atoms. The summed E-state index contributed by atoms with van der Waals surface area (Å²) in [5, 5.41) is 0.536. The van der Waals surface area contributed by atoms with E-state index in [9.17, 15) is 9.59 Å². The zero-order chi connectivity index (χ0) is 19.4. The molecule has 3 rings (SSSR count). The van der Waals surface area contributed by atoms with E-state index in [1.165, 1.54) is 0 Å². The van der Waals surface area contributed by atoms with Crippen molar-refractivity contribution >= 4 is 16.8 Å². The molecule has 0 radical (unpaired) electrons. The number of fused-ring (bicyclic) bond motifs is 1. The number of hydrogen-bond donors (Lipinski definition) is 1. The smallest absolute Gasteiger partial charge is 0.260 e. The van der Waals surface area contributed by atoms with Crippen molar-refractivity contribution in [2.24, 2.45) is 0 Å². The lowest BCUT2D eigenvalue weighted by molar-refractivity contribution is -0.133. The molecule has 0 saturated heterocycles. The van der Waals surface area contributed by atoms with Crippen molar-refractivity contribution in [2.45, 2.75) is 27.3 Å². The number of aromatic nitrogens is 2. The molecule has 6 heteroatoms. The Labute approximate surface area is 157 Å². The average molecular weight is 365 g/mol. The number of nitrogens with one attached hydrogen (secondary N) is 1. The second-order valence-electron chi connectivity index (χ2n) is 6.50. The summed E-state index contributed by atoms with van der Waals surface area (Å²) in [6, 6.07) is 13.0. The van der Waals surface area contributed by atoms with E-state index in [-0.39, 0.29) is 24.6 Å². The van der Waals surface area contributed by atoms with E-state index in [0.29, 0.717) is 29.0 Å². The number of aryl methyl sites for hydroxylation is 2. The van der Waals surface area contributed by atoms with Crippen molar-refractivity contribution in [3.05, 3.63) is 69.8 Å². The van der Waals surface area contributed by atoms with E-state index in [2.05, 4.69) is 9.97 Å². The molecule has 1 aromatic heterocycles. The molecule has 140 valence electrons. The van der Waals surface area contributed by atoms with Crippen LogP contribution >= 0.6 is 0 Å². The van der Waals surface area contributed by atoms with Gasteiger partial charge in [-0.15, -0.1) is 0 Å². The minimum absolute atomic E-state index is 0.0596. The molecule has 1 amide bonds. The van der Waals surface area contributed by atoms with Gasteiger partial charge in [-0.1, -0.05) is 24.3 Å². The van der Waals surface area contributed by atoms with Crippen LogP contribution in [-0.2, 0) is 11.3 Å². The molecule has 0 spiro atoms. The van der Waals surface area contributed by atoms with Crippen LogP contribution in [0, 0.1) is 13.8 Å². The first-order valence-corrected chi connectivity index (χ1v) is 8.93. The van der Waals surface area contributed by atoms with Crippen molar-refractivity contribution in [1.82, 2.24) is 14.9 Å². The molecule has 2 aromatic carbocycles. The van der Waals surface area contributed by atoms with Gasteiger partial charge in [-0.25, -0.2) is 4.98 Å². The van der Waals surface area contributed by atoms with Crippen LogP contribution in [0.15, 0.2) is 47.3 Å². The third kappa shape index (κ3) is 4.34. The fraction of sp³-hybridized carbons (Fsp3) is 0.286. The zero-order valence-corrected chi connectivity index (χ0v) is 15.8. The molecule has 3 aromatic rings. The van der Waals surface area contributed by atoms with Crippen molar-refractivity contribution < 1.29 is 9.53 Å². The van der Waals surface area contributed by atoms with Gasteiger partial charge in [0.1, 0.15) is 11.6 Å². The summed E-state index contributed by atoms with van der Waals surface area (Å²) >= 11 is 0. The Morgan fingerprint density at radius 2 is 1.96 bits per heavy atom. The summed E-state index contributed by atoms with van der Waals surface area (Å²) in [5.41, 5.74) is 2.47. The van der Waals surface area contributed by atoms with Crippen LogP contribution in [-0.4, -0.2) is 33.9 Å². The van der Waals surface area contributed by atoms with Gasteiger partial charge >= 0.3 is 0 Å². The van der Waals surface area contributed by atoms with Gasteiger partial charge in [-0.2, -0.15) is 0 Å². The van der Waals surface area contributed by atoms with Crippen LogP contribution in [0.2, 0.25) is 0 Å². The van der Waals surface area contributed by atoms with Gasteiger partial charge < -0.3 is 14.6 Å². The predicted molar refractivity (Wildman–Crippen MR) is 105 cm³/mol. The van der Waals surface area contributed by atoms with Crippen LogP contribution in [0.5, 0.6) is 5.75 Å². The third-order valence-corrected chi connectivity index (χ3v) is 4.43. The van der Waals surface area contributed by atoms with E-state index in [4.69, 9.17) is 4.74 Å². The number of hydrogen-bond acceptors (Lipinski definition) is 4. The number of H-pyrrole nitrogens is 1. The lowest BCUT2D eigenvalue weighted by Crippen LogP contribution is -2.35. The Morgan fingerprint density at radius 1 is 1.19 bits per heavy atom. The second kappa shape index (κ2) is 8.03. The predicted octanol–water partition coefficient (Wildman–Crippen LogP) is 2.97. The van der Waals surface area contributed by atoms with Crippen LogP contribution in [0.4, 0.5) is 0 Å². The maximum Gasteiger partial charge on any atom is 0.260 e. The Morgan fingerprint density at radius 3 is 2.74 bits per heavy atom. The van der Waals surface area contributed by atoms with E-state index < -0.39 is 0 Å². The fourth-order valence-corrected chi connectivity index (χ4v) is 2.86. The molecule has 0 unspecified atom stereocenters. The summed E-state index contributed by atoms with van der Waals surface area (Å²) in [5.74, 6) is 1.01. The highest BCUT2D eigenvalue weighted by Gasteiger charge is 2.15. The monoisotopic (exact) mass is 365 g/mol. The third-order valence-electron chi connectivity index (χ3n) is 4.43. The Bertz CT molecular complexity index is 1030.